The molecule has 0 bridgehead atoms. The van der Waals surface area contributed by atoms with Gasteiger partial charge in [0.25, 0.3) is 0 Å². The van der Waals surface area contributed by atoms with Gasteiger partial charge in [0.15, 0.2) is 0 Å². The molecule has 0 saturated carbocycles. The van der Waals surface area contributed by atoms with Gasteiger partial charge < -0.3 is 0 Å². The molecule has 14 heavy (non-hydrogen) atoms. The van der Waals surface area contributed by atoms with Crippen molar-refractivity contribution in [1.29, 1.82) is 0 Å². The maximum absolute atomic E-state index is 4.24. The third kappa shape index (κ3) is 5.67. The summed E-state index contributed by atoms with van der Waals surface area (Å²) in [6.45, 7) is 13.5. The van der Waals surface area contributed by atoms with E-state index in [0.717, 1.165) is 0 Å². The van der Waals surface area contributed by atoms with E-state index in [4.69, 9.17) is 0 Å². The van der Waals surface area contributed by atoms with Crippen LogP contribution in [-0.4, -0.2) is 0 Å². The lowest BCUT2D eigenvalue weighted by atomic mass is 9.75. The van der Waals surface area contributed by atoms with Crippen LogP contribution in [0.5, 0.6) is 0 Å². The number of hydrogen-bond acceptors (Lipinski definition) is 0. The Labute approximate surface area is 91.5 Å². The molecule has 0 nitrogen and oxygen atoms in total. The van der Waals surface area contributed by atoms with Crippen LogP contribution in [0.25, 0.3) is 0 Å². The number of hydrogen-bond donors (Lipinski definition) is 0. The first-order valence-corrected chi connectivity index (χ1v) is 6.37. The molecule has 0 aliphatic rings. The van der Waals surface area contributed by atoms with Crippen LogP contribution in [0, 0.1) is 18.3 Å². The van der Waals surface area contributed by atoms with Crippen LogP contribution in [0.4, 0.5) is 0 Å². The Morgan fingerprint density at radius 1 is 1.00 bits per heavy atom. The standard InChI is InChI=1S/C14H29/c1-6-8-9-10-11-12-14(4,5)13(3)7-2/h13H,3,6-12H2,1-2,4-5H3. The lowest BCUT2D eigenvalue weighted by Crippen LogP contribution is -2.21. The molecule has 0 N–H and O–H groups in total. The fourth-order valence-electron chi connectivity index (χ4n) is 1.94. The molecular formula is C14H29. The second kappa shape index (κ2) is 7.31. The van der Waals surface area contributed by atoms with E-state index in [2.05, 4.69) is 34.6 Å². The van der Waals surface area contributed by atoms with Gasteiger partial charge in [-0.3, -0.25) is 0 Å². The van der Waals surface area contributed by atoms with E-state index >= 15 is 0 Å². The Bertz CT molecular complexity index is 124. The molecule has 0 fully saturated rings. The highest BCUT2D eigenvalue weighted by atomic mass is 14.3. The van der Waals surface area contributed by atoms with Gasteiger partial charge in [0.1, 0.15) is 0 Å². The quantitative estimate of drug-likeness (QED) is 0.467. The molecule has 0 rings (SSSR count). The third-order valence-corrected chi connectivity index (χ3v) is 3.52. The normalized spacial score (nSPS) is 14.4. The predicted octanol–water partition coefficient (Wildman–Crippen LogP) is 5.23. The molecule has 0 saturated heterocycles. The maximum atomic E-state index is 4.24. The first-order chi connectivity index (χ1) is 6.54. The minimum Gasteiger partial charge on any atom is -0.0654 e. The molecule has 0 aromatic rings. The highest BCUT2D eigenvalue weighted by Crippen LogP contribution is 2.34. The van der Waals surface area contributed by atoms with Crippen molar-refractivity contribution in [2.75, 3.05) is 0 Å². The average Bonchev–Trinajstić information content (AvgIpc) is 2.16. The molecule has 0 heteroatoms. The van der Waals surface area contributed by atoms with Crippen molar-refractivity contribution in [3.8, 4) is 0 Å². The van der Waals surface area contributed by atoms with Crippen molar-refractivity contribution in [2.24, 2.45) is 11.3 Å². The van der Waals surface area contributed by atoms with Gasteiger partial charge in [-0.25, -0.2) is 0 Å². The molecule has 0 aromatic carbocycles. The van der Waals surface area contributed by atoms with Crippen LogP contribution in [0.15, 0.2) is 0 Å². The van der Waals surface area contributed by atoms with Crippen LogP contribution >= 0.6 is 0 Å². The van der Waals surface area contributed by atoms with Gasteiger partial charge in [0.2, 0.25) is 0 Å². The second-order valence-electron chi connectivity index (χ2n) is 5.26. The summed E-state index contributed by atoms with van der Waals surface area (Å²) < 4.78 is 0. The second-order valence-corrected chi connectivity index (χ2v) is 5.26. The summed E-state index contributed by atoms with van der Waals surface area (Å²) in [5.41, 5.74) is 0.445. The zero-order chi connectivity index (χ0) is 11.0. The molecule has 1 radical (unpaired) electrons. The fraction of sp³-hybridized carbons (Fsp3) is 0.929. The van der Waals surface area contributed by atoms with E-state index in [1.54, 1.807) is 0 Å². The van der Waals surface area contributed by atoms with Crippen LogP contribution in [0.1, 0.15) is 72.6 Å². The largest absolute Gasteiger partial charge is 0.0654 e. The first-order valence-electron chi connectivity index (χ1n) is 6.37. The van der Waals surface area contributed by atoms with E-state index in [1.165, 1.54) is 44.9 Å². The molecule has 1 atom stereocenters. The lowest BCUT2D eigenvalue weighted by Gasteiger charge is -2.31. The number of rotatable bonds is 8. The minimum atomic E-state index is 0.445. The third-order valence-electron chi connectivity index (χ3n) is 3.52. The molecule has 85 valence electrons. The maximum Gasteiger partial charge on any atom is -0.0326 e. The van der Waals surface area contributed by atoms with E-state index in [9.17, 15) is 0 Å². The molecule has 1 unspecified atom stereocenters. The molecule has 0 aliphatic carbocycles. The summed E-state index contributed by atoms with van der Waals surface area (Å²) in [7, 11) is 0. The zero-order valence-electron chi connectivity index (χ0n) is 10.7. The fourth-order valence-corrected chi connectivity index (χ4v) is 1.94. The minimum absolute atomic E-state index is 0.445. The molecule has 0 heterocycles. The Hall–Kier alpha value is 0. The Balaban J connectivity index is 3.55. The predicted molar refractivity (Wildman–Crippen MR) is 66.3 cm³/mol. The zero-order valence-corrected chi connectivity index (χ0v) is 10.7. The smallest absolute Gasteiger partial charge is 0.0326 e. The van der Waals surface area contributed by atoms with E-state index in [-0.39, 0.29) is 0 Å². The van der Waals surface area contributed by atoms with Gasteiger partial charge in [-0.15, -0.1) is 0 Å². The summed E-state index contributed by atoms with van der Waals surface area (Å²) in [5.74, 6) is 0.619. The van der Waals surface area contributed by atoms with E-state index in [1.807, 2.05) is 0 Å². The monoisotopic (exact) mass is 197 g/mol. The highest BCUT2D eigenvalue weighted by Gasteiger charge is 2.23. The van der Waals surface area contributed by atoms with E-state index in [0.29, 0.717) is 11.3 Å². The number of unbranched alkanes of at least 4 members (excludes halogenated alkanes) is 4. The first kappa shape index (κ1) is 14.0. The van der Waals surface area contributed by atoms with Gasteiger partial charge in [-0.1, -0.05) is 66.2 Å². The summed E-state index contributed by atoms with van der Waals surface area (Å²) >= 11 is 0. The molecular weight excluding hydrogens is 168 g/mol. The van der Waals surface area contributed by atoms with Gasteiger partial charge in [0, 0.05) is 0 Å². The molecule has 0 amide bonds. The van der Waals surface area contributed by atoms with Gasteiger partial charge in [-0.2, -0.15) is 0 Å². The van der Waals surface area contributed by atoms with Gasteiger partial charge in [-0.05, 0) is 24.7 Å². The highest BCUT2D eigenvalue weighted by molar-refractivity contribution is 4.78. The van der Waals surface area contributed by atoms with E-state index < -0.39 is 0 Å². The van der Waals surface area contributed by atoms with Crippen molar-refractivity contribution >= 4 is 0 Å². The topological polar surface area (TPSA) is 0 Å². The summed E-state index contributed by atoms with van der Waals surface area (Å²) in [5, 5.41) is 0. The lowest BCUT2D eigenvalue weighted by molar-refractivity contribution is 0.221. The molecule has 0 aromatic heterocycles. The van der Waals surface area contributed by atoms with Crippen LogP contribution in [0.3, 0.4) is 0 Å². The van der Waals surface area contributed by atoms with Crippen molar-refractivity contribution in [1.82, 2.24) is 0 Å². The summed E-state index contributed by atoms with van der Waals surface area (Å²) in [6, 6.07) is 0. The molecule has 0 spiro atoms. The average molecular weight is 197 g/mol. The van der Waals surface area contributed by atoms with Crippen LogP contribution < -0.4 is 0 Å². The Morgan fingerprint density at radius 3 is 2.07 bits per heavy atom. The SMILES string of the molecule is [CH2]C(CC)C(C)(C)CCCCCCC. The Kier molecular flexibility index (Phi) is 7.31. The molecule has 0 aliphatic heterocycles. The van der Waals surface area contributed by atoms with Gasteiger partial charge in [0.05, 0.1) is 0 Å². The van der Waals surface area contributed by atoms with Crippen molar-refractivity contribution in [3.05, 3.63) is 6.92 Å². The van der Waals surface area contributed by atoms with Crippen LogP contribution in [-0.2, 0) is 0 Å². The van der Waals surface area contributed by atoms with Crippen molar-refractivity contribution in [3.63, 3.8) is 0 Å². The van der Waals surface area contributed by atoms with Crippen LogP contribution in [0.2, 0.25) is 0 Å². The summed E-state index contributed by atoms with van der Waals surface area (Å²) in [6.07, 6.45) is 9.52. The van der Waals surface area contributed by atoms with Crippen molar-refractivity contribution < 1.29 is 0 Å². The van der Waals surface area contributed by atoms with Gasteiger partial charge >= 0.3 is 0 Å². The Morgan fingerprint density at radius 2 is 1.57 bits per heavy atom. The van der Waals surface area contributed by atoms with Crippen molar-refractivity contribution in [2.45, 2.75) is 72.6 Å². The summed E-state index contributed by atoms with van der Waals surface area (Å²) in [4.78, 5) is 0.